The summed E-state index contributed by atoms with van der Waals surface area (Å²) in [5.41, 5.74) is 0.0911. The Kier molecular flexibility index (Phi) is 4.82. The number of hydrogen-bond acceptors (Lipinski definition) is 3. The second-order valence-corrected chi connectivity index (χ2v) is 4.26. The highest BCUT2D eigenvalue weighted by atomic mass is 16.5. The zero-order valence-corrected chi connectivity index (χ0v) is 9.46. The minimum absolute atomic E-state index is 0.0911. The van der Waals surface area contributed by atoms with Crippen LogP contribution in [0.2, 0.25) is 0 Å². The third-order valence-corrected chi connectivity index (χ3v) is 2.81. The molecule has 1 aliphatic rings. The number of carbonyl (C=O) groups is 1. The maximum Gasteiger partial charge on any atom is 0.330 e. The largest absolute Gasteiger partial charge is 0.462 e. The maximum atomic E-state index is 10.9. The maximum absolute atomic E-state index is 10.9. The Morgan fingerprint density at radius 1 is 1.53 bits per heavy atom. The molecule has 1 fully saturated rings. The van der Waals surface area contributed by atoms with E-state index in [-0.39, 0.29) is 11.4 Å². The molecule has 15 heavy (non-hydrogen) atoms. The molecule has 1 rings (SSSR count). The number of rotatable bonds is 7. The van der Waals surface area contributed by atoms with E-state index in [0.717, 1.165) is 19.6 Å². The Morgan fingerprint density at radius 2 is 2.27 bits per heavy atom. The Bertz CT molecular complexity index is 219. The molecule has 0 aliphatic carbocycles. The van der Waals surface area contributed by atoms with Gasteiger partial charge < -0.3 is 9.47 Å². The van der Waals surface area contributed by atoms with Crippen molar-refractivity contribution in [2.24, 2.45) is 5.41 Å². The van der Waals surface area contributed by atoms with Crippen LogP contribution in [0.1, 0.15) is 32.6 Å². The summed E-state index contributed by atoms with van der Waals surface area (Å²) < 4.78 is 10.3. The predicted molar refractivity (Wildman–Crippen MR) is 58.6 cm³/mol. The van der Waals surface area contributed by atoms with Crippen LogP contribution >= 0.6 is 0 Å². The van der Waals surface area contributed by atoms with Crippen LogP contribution in [0.5, 0.6) is 0 Å². The minimum Gasteiger partial charge on any atom is -0.462 e. The first-order valence-corrected chi connectivity index (χ1v) is 5.59. The summed E-state index contributed by atoms with van der Waals surface area (Å²) in [5.74, 6) is -0.336. The first-order valence-electron chi connectivity index (χ1n) is 5.59. The lowest BCUT2D eigenvalue weighted by atomic mass is 9.81. The summed E-state index contributed by atoms with van der Waals surface area (Å²) in [7, 11) is 0. The van der Waals surface area contributed by atoms with E-state index in [0.29, 0.717) is 6.61 Å². The van der Waals surface area contributed by atoms with Gasteiger partial charge in [-0.05, 0) is 6.42 Å². The van der Waals surface area contributed by atoms with Gasteiger partial charge in [0.05, 0.1) is 18.6 Å². The number of esters is 1. The first kappa shape index (κ1) is 12.2. The number of unbranched alkanes of at least 4 members (excludes halogenated alkanes) is 2. The summed E-state index contributed by atoms with van der Waals surface area (Å²) in [6, 6.07) is 0. The van der Waals surface area contributed by atoms with Crippen LogP contribution in [0, 0.1) is 5.41 Å². The quantitative estimate of drug-likeness (QED) is 0.369. The second kappa shape index (κ2) is 5.91. The van der Waals surface area contributed by atoms with Crippen molar-refractivity contribution in [3.05, 3.63) is 12.7 Å². The van der Waals surface area contributed by atoms with Gasteiger partial charge in [-0.1, -0.05) is 32.8 Å². The topological polar surface area (TPSA) is 35.5 Å². The van der Waals surface area contributed by atoms with E-state index in [4.69, 9.17) is 9.47 Å². The van der Waals surface area contributed by atoms with E-state index in [2.05, 4.69) is 13.5 Å². The molecule has 0 atom stereocenters. The summed E-state index contributed by atoms with van der Waals surface area (Å²) in [5, 5.41) is 0. The van der Waals surface area contributed by atoms with Gasteiger partial charge in [0.15, 0.2) is 0 Å². The summed E-state index contributed by atoms with van der Waals surface area (Å²) in [4.78, 5) is 10.9. The van der Waals surface area contributed by atoms with Crippen molar-refractivity contribution < 1.29 is 14.3 Å². The van der Waals surface area contributed by atoms with Crippen molar-refractivity contribution in [3.63, 3.8) is 0 Å². The van der Waals surface area contributed by atoms with Crippen molar-refractivity contribution >= 4 is 5.97 Å². The zero-order valence-electron chi connectivity index (χ0n) is 9.46. The fourth-order valence-electron chi connectivity index (χ4n) is 1.72. The highest BCUT2D eigenvalue weighted by Gasteiger charge is 2.39. The standard InChI is InChI=1S/C12H20O3/c1-3-5-6-7-12(8-14-9-12)10-15-11(13)4-2/h4H,2-3,5-10H2,1H3. The van der Waals surface area contributed by atoms with Crippen LogP contribution in [-0.2, 0) is 14.3 Å². The summed E-state index contributed by atoms with van der Waals surface area (Å²) in [6.07, 6.45) is 5.93. The molecule has 0 radical (unpaired) electrons. The van der Waals surface area contributed by atoms with E-state index < -0.39 is 0 Å². The van der Waals surface area contributed by atoms with Crippen LogP contribution < -0.4 is 0 Å². The molecule has 0 bridgehead atoms. The van der Waals surface area contributed by atoms with E-state index >= 15 is 0 Å². The van der Waals surface area contributed by atoms with Crippen LogP contribution in [-0.4, -0.2) is 25.8 Å². The van der Waals surface area contributed by atoms with E-state index in [1.165, 1.54) is 25.3 Å². The van der Waals surface area contributed by atoms with Gasteiger partial charge in [0, 0.05) is 6.08 Å². The van der Waals surface area contributed by atoms with Gasteiger partial charge in [0.2, 0.25) is 0 Å². The average Bonchev–Trinajstić information content (AvgIpc) is 2.20. The van der Waals surface area contributed by atoms with Gasteiger partial charge >= 0.3 is 5.97 Å². The van der Waals surface area contributed by atoms with Gasteiger partial charge in [-0.15, -0.1) is 0 Å². The molecular formula is C12H20O3. The van der Waals surface area contributed by atoms with Crippen LogP contribution in [0.15, 0.2) is 12.7 Å². The minimum atomic E-state index is -0.336. The Balaban J connectivity index is 2.26. The lowest BCUT2D eigenvalue weighted by molar-refractivity contribution is -0.167. The normalized spacial score (nSPS) is 17.9. The fourth-order valence-corrected chi connectivity index (χ4v) is 1.72. The van der Waals surface area contributed by atoms with Gasteiger partial charge in [0.25, 0.3) is 0 Å². The molecule has 0 saturated carbocycles. The van der Waals surface area contributed by atoms with Crippen molar-refractivity contribution in [2.45, 2.75) is 32.6 Å². The van der Waals surface area contributed by atoms with Crippen molar-refractivity contribution in [1.82, 2.24) is 0 Å². The number of carbonyl (C=O) groups excluding carboxylic acids is 1. The molecule has 3 heteroatoms. The molecule has 1 heterocycles. The van der Waals surface area contributed by atoms with Gasteiger partial charge in [-0.3, -0.25) is 0 Å². The van der Waals surface area contributed by atoms with E-state index in [1.807, 2.05) is 0 Å². The van der Waals surface area contributed by atoms with Gasteiger partial charge in [-0.2, -0.15) is 0 Å². The Hall–Kier alpha value is -0.830. The van der Waals surface area contributed by atoms with Crippen molar-refractivity contribution in [2.75, 3.05) is 19.8 Å². The third kappa shape index (κ3) is 3.67. The molecule has 0 spiro atoms. The van der Waals surface area contributed by atoms with E-state index in [9.17, 15) is 4.79 Å². The molecule has 0 aromatic carbocycles. The van der Waals surface area contributed by atoms with E-state index in [1.54, 1.807) is 0 Å². The molecule has 86 valence electrons. The lowest BCUT2D eigenvalue weighted by Crippen LogP contribution is -2.46. The molecular weight excluding hydrogens is 192 g/mol. The molecule has 1 saturated heterocycles. The molecule has 0 aromatic rings. The van der Waals surface area contributed by atoms with Crippen molar-refractivity contribution in [3.8, 4) is 0 Å². The Morgan fingerprint density at radius 3 is 2.73 bits per heavy atom. The zero-order chi connectivity index (χ0) is 11.1. The first-order chi connectivity index (χ1) is 7.22. The van der Waals surface area contributed by atoms with Gasteiger partial charge in [-0.25, -0.2) is 4.79 Å². The molecule has 1 aliphatic heterocycles. The highest BCUT2D eigenvalue weighted by molar-refractivity contribution is 5.81. The highest BCUT2D eigenvalue weighted by Crippen LogP contribution is 2.33. The van der Waals surface area contributed by atoms with Crippen molar-refractivity contribution in [1.29, 1.82) is 0 Å². The smallest absolute Gasteiger partial charge is 0.330 e. The molecule has 0 N–H and O–H groups in total. The lowest BCUT2D eigenvalue weighted by Gasteiger charge is -2.40. The molecule has 0 unspecified atom stereocenters. The summed E-state index contributed by atoms with van der Waals surface area (Å²) in [6.45, 7) is 7.48. The second-order valence-electron chi connectivity index (χ2n) is 4.26. The predicted octanol–water partition coefficient (Wildman–Crippen LogP) is 2.31. The third-order valence-electron chi connectivity index (χ3n) is 2.81. The van der Waals surface area contributed by atoms with Crippen LogP contribution in [0.3, 0.4) is 0 Å². The SMILES string of the molecule is C=CC(=O)OCC1(CCCCC)COC1. The van der Waals surface area contributed by atoms with Gasteiger partial charge in [0.1, 0.15) is 6.61 Å². The van der Waals surface area contributed by atoms with Crippen LogP contribution in [0.25, 0.3) is 0 Å². The fraction of sp³-hybridized carbons (Fsp3) is 0.750. The average molecular weight is 212 g/mol. The summed E-state index contributed by atoms with van der Waals surface area (Å²) >= 11 is 0. The Labute approximate surface area is 91.4 Å². The van der Waals surface area contributed by atoms with Crippen LogP contribution in [0.4, 0.5) is 0 Å². The molecule has 0 amide bonds. The molecule has 3 nitrogen and oxygen atoms in total. The number of ether oxygens (including phenoxy) is 2. The monoisotopic (exact) mass is 212 g/mol. The molecule has 0 aromatic heterocycles. The number of hydrogen-bond donors (Lipinski definition) is 0.